The zero-order valence-electron chi connectivity index (χ0n) is 10.0. The second-order valence-corrected chi connectivity index (χ2v) is 3.86. The zero-order chi connectivity index (χ0) is 12.0. The zero-order valence-corrected chi connectivity index (χ0v) is 10.0. The molecule has 0 saturated carbocycles. The number of hydrogen-bond acceptors (Lipinski definition) is 3. The van der Waals surface area contributed by atoms with Gasteiger partial charge in [0.05, 0.1) is 18.3 Å². The predicted molar refractivity (Wildman–Crippen MR) is 65.1 cm³/mol. The van der Waals surface area contributed by atoms with Crippen LogP contribution in [0.5, 0.6) is 5.75 Å². The number of nitrogens with two attached hydrogens (primary N) is 1. The summed E-state index contributed by atoms with van der Waals surface area (Å²) >= 11 is 0. The van der Waals surface area contributed by atoms with Crippen molar-refractivity contribution < 1.29 is 4.74 Å². The molecule has 0 spiro atoms. The maximum Gasteiger partial charge on any atom is 0.139 e. The van der Waals surface area contributed by atoms with Crippen LogP contribution in [0.4, 0.5) is 0 Å². The SMILES string of the molecule is CCC(N)C#Cc1cncc(OC(C)C)c1. The van der Waals surface area contributed by atoms with Crippen LogP contribution in [0, 0.1) is 11.8 Å². The molecule has 0 amide bonds. The van der Waals surface area contributed by atoms with Gasteiger partial charge in [-0.25, -0.2) is 0 Å². The number of ether oxygens (including phenoxy) is 1. The highest BCUT2D eigenvalue weighted by molar-refractivity contribution is 5.37. The molecule has 1 atom stereocenters. The molecule has 1 heterocycles. The Kier molecular flexibility index (Phi) is 4.81. The lowest BCUT2D eigenvalue weighted by atomic mass is 10.2. The van der Waals surface area contributed by atoms with E-state index in [2.05, 4.69) is 16.8 Å². The van der Waals surface area contributed by atoms with Crippen LogP contribution in [0.15, 0.2) is 18.5 Å². The van der Waals surface area contributed by atoms with Gasteiger partial charge < -0.3 is 10.5 Å². The van der Waals surface area contributed by atoms with Crippen molar-refractivity contribution in [2.45, 2.75) is 39.3 Å². The molecule has 3 heteroatoms. The molecule has 1 aromatic heterocycles. The third-order valence-corrected chi connectivity index (χ3v) is 1.93. The summed E-state index contributed by atoms with van der Waals surface area (Å²) < 4.78 is 5.53. The summed E-state index contributed by atoms with van der Waals surface area (Å²) in [6, 6.07) is 1.80. The Morgan fingerprint density at radius 2 is 2.19 bits per heavy atom. The van der Waals surface area contributed by atoms with Crippen LogP contribution in [0.3, 0.4) is 0 Å². The average Bonchev–Trinajstić information content (AvgIpc) is 2.25. The molecular weight excluding hydrogens is 200 g/mol. The van der Waals surface area contributed by atoms with Gasteiger partial charge in [0.25, 0.3) is 0 Å². The van der Waals surface area contributed by atoms with Crippen molar-refractivity contribution in [1.29, 1.82) is 0 Å². The van der Waals surface area contributed by atoms with Crippen molar-refractivity contribution in [2.24, 2.45) is 5.73 Å². The molecule has 0 fully saturated rings. The van der Waals surface area contributed by atoms with Gasteiger partial charge in [0.15, 0.2) is 0 Å². The Morgan fingerprint density at radius 3 is 2.81 bits per heavy atom. The van der Waals surface area contributed by atoms with Crippen LogP contribution in [-0.4, -0.2) is 17.1 Å². The lowest BCUT2D eigenvalue weighted by Crippen LogP contribution is -2.15. The molecule has 0 saturated heterocycles. The molecule has 1 unspecified atom stereocenters. The van der Waals surface area contributed by atoms with Crippen molar-refractivity contribution in [3.8, 4) is 17.6 Å². The van der Waals surface area contributed by atoms with E-state index in [1.165, 1.54) is 0 Å². The van der Waals surface area contributed by atoms with E-state index in [1.807, 2.05) is 26.8 Å². The Balaban J connectivity index is 2.77. The fraction of sp³-hybridized carbons (Fsp3) is 0.462. The highest BCUT2D eigenvalue weighted by Crippen LogP contribution is 2.12. The summed E-state index contributed by atoms with van der Waals surface area (Å²) in [7, 11) is 0. The fourth-order valence-electron chi connectivity index (χ4n) is 1.10. The molecule has 86 valence electrons. The van der Waals surface area contributed by atoms with Crippen LogP contribution >= 0.6 is 0 Å². The summed E-state index contributed by atoms with van der Waals surface area (Å²) in [4.78, 5) is 4.07. The van der Waals surface area contributed by atoms with Crippen LogP contribution in [-0.2, 0) is 0 Å². The van der Waals surface area contributed by atoms with Crippen molar-refractivity contribution in [2.75, 3.05) is 0 Å². The Labute approximate surface area is 97.0 Å². The van der Waals surface area contributed by atoms with Gasteiger partial charge in [-0.3, -0.25) is 4.98 Å². The lowest BCUT2D eigenvalue weighted by Gasteiger charge is -2.08. The fourth-order valence-corrected chi connectivity index (χ4v) is 1.10. The van der Waals surface area contributed by atoms with Crippen LogP contribution in [0.2, 0.25) is 0 Å². The lowest BCUT2D eigenvalue weighted by molar-refractivity contribution is 0.241. The van der Waals surface area contributed by atoms with E-state index in [-0.39, 0.29) is 12.1 Å². The van der Waals surface area contributed by atoms with E-state index in [9.17, 15) is 0 Å². The second-order valence-electron chi connectivity index (χ2n) is 3.86. The van der Waals surface area contributed by atoms with E-state index in [1.54, 1.807) is 12.4 Å². The van der Waals surface area contributed by atoms with Crippen molar-refractivity contribution in [3.63, 3.8) is 0 Å². The summed E-state index contributed by atoms with van der Waals surface area (Å²) in [6.45, 7) is 5.96. The minimum atomic E-state index is -0.0744. The number of pyridine rings is 1. The van der Waals surface area contributed by atoms with Gasteiger partial charge in [-0.15, -0.1) is 0 Å². The quantitative estimate of drug-likeness (QED) is 0.789. The number of aromatic nitrogens is 1. The number of rotatable bonds is 3. The maximum absolute atomic E-state index is 5.71. The van der Waals surface area contributed by atoms with E-state index >= 15 is 0 Å². The topological polar surface area (TPSA) is 48.1 Å². The third kappa shape index (κ3) is 4.33. The van der Waals surface area contributed by atoms with Gasteiger partial charge in [0, 0.05) is 11.8 Å². The van der Waals surface area contributed by atoms with Gasteiger partial charge in [-0.05, 0) is 26.3 Å². The number of hydrogen-bond donors (Lipinski definition) is 1. The van der Waals surface area contributed by atoms with Crippen LogP contribution in [0.25, 0.3) is 0 Å². The standard InChI is InChI=1S/C13H18N2O/c1-4-12(14)6-5-11-7-13(9-15-8-11)16-10(2)3/h7-10,12H,4,14H2,1-3H3. The third-order valence-electron chi connectivity index (χ3n) is 1.93. The minimum absolute atomic E-state index is 0.0744. The molecule has 0 aliphatic heterocycles. The highest BCUT2D eigenvalue weighted by atomic mass is 16.5. The first kappa shape index (κ1) is 12.5. The normalized spacial score (nSPS) is 11.8. The average molecular weight is 218 g/mol. The Morgan fingerprint density at radius 1 is 1.44 bits per heavy atom. The first-order valence-electron chi connectivity index (χ1n) is 5.50. The second kappa shape index (κ2) is 6.14. The first-order chi connectivity index (χ1) is 7.61. The maximum atomic E-state index is 5.71. The van der Waals surface area contributed by atoms with Gasteiger partial charge >= 0.3 is 0 Å². The van der Waals surface area contributed by atoms with Crippen molar-refractivity contribution in [1.82, 2.24) is 4.98 Å². The summed E-state index contributed by atoms with van der Waals surface area (Å²) in [5.41, 5.74) is 6.55. The molecule has 1 rings (SSSR count). The van der Waals surface area contributed by atoms with E-state index in [0.717, 1.165) is 17.7 Å². The predicted octanol–water partition coefficient (Wildman–Crippen LogP) is 1.96. The van der Waals surface area contributed by atoms with Crippen LogP contribution in [0.1, 0.15) is 32.8 Å². The van der Waals surface area contributed by atoms with Gasteiger partial charge in [-0.1, -0.05) is 18.8 Å². The van der Waals surface area contributed by atoms with Gasteiger partial charge in [-0.2, -0.15) is 0 Å². The van der Waals surface area contributed by atoms with Crippen molar-refractivity contribution >= 4 is 0 Å². The monoisotopic (exact) mass is 218 g/mol. The largest absolute Gasteiger partial charge is 0.489 e. The Bertz CT molecular complexity index is 390. The summed E-state index contributed by atoms with van der Waals surface area (Å²) in [5.74, 6) is 6.70. The molecule has 2 N–H and O–H groups in total. The summed E-state index contributed by atoms with van der Waals surface area (Å²) in [6.07, 6.45) is 4.39. The smallest absolute Gasteiger partial charge is 0.139 e. The molecular formula is C13H18N2O. The number of nitrogens with zero attached hydrogens (tertiary/aromatic N) is 1. The molecule has 16 heavy (non-hydrogen) atoms. The van der Waals surface area contributed by atoms with E-state index in [0.29, 0.717) is 0 Å². The van der Waals surface area contributed by atoms with E-state index < -0.39 is 0 Å². The van der Waals surface area contributed by atoms with Crippen molar-refractivity contribution in [3.05, 3.63) is 24.0 Å². The van der Waals surface area contributed by atoms with E-state index in [4.69, 9.17) is 10.5 Å². The molecule has 0 bridgehead atoms. The molecule has 0 aliphatic rings. The van der Waals surface area contributed by atoms with Gasteiger partial charge in [0.2, 0.25) is 0 Å². The molecule has 0 aromatic carbocycles. The summed E-state index contributed by atoms with van der Waals surface area (Å²) in [5, 5.41) is 0. The molecule has 3 nitrogen and oxygen atoms in total. The highest BCUT2D eigenvalue weighted by Gasteiger charge is 1.98. The molecule has 1 aromatic rings. The molecule has 0 radical (unpaired) electrons. The van der Waals surface area contributed by atoms with Gasteiger partial charge in [0.1, 0.15) is 5.75 Å². The molecule has 0 aliphatic carbocycles. The Hall–Kier alpha value is -1.53. The first-order valence-corrected chi connectivity index (χ1v) is 5.50. The van der Waals surface area contributed by atoms with Crippen LogP contribution < -0.4 is 10.5 Å². The minimum Gasteiger partial charge on any atom is -0.489 e.